The number of nitrogens with one attached hydrogen (secondary N) is 1. The van der Waals surface area contributed by atoms with Crippen LogP contribution in [0.25, 0.3) is 0 Å². The van der Waals surface area contributed by atoms with E-state index in [1.54, 1.807) is 0 Å². The van der Waals surface area contributed by atoms with Crippen LogP contribution in [-0.4, -0.2) is 28.6 Å². The molecule has 2 atom stereocenters. The second kappa shape index (κ2) is 7.00. The SMILES string of the molecule is O=C(NC1CCCCC1CO)c1cc([N+](=O)[O-])ccc1Br. The third kappa shape index (κ3) is 3.79. The Balaban J connectivity index is 2.16. The Kier molecular flexibility index (Phi) is 5.30. The number of nitro benzene ring substituents is 1. The molecular weight excluding hydrogens is 340 g/mol. The second-order valence-electron chi connectivity index (χ2n) is 5.23. The molecule has 1 aromatic rings. The highest BCUT2D eigenvalue weighted by Gasteiger charge is 2.27. The van der Waals surface area contributed by atoms with Gasteiger partial charge in [0.15, 0.2) is 0 Å². The van der Waals surface area contributed by atoms with Crippen LogP contribution in [0.4, 0.5) is 5.69 Å². The fraction of sp³-hybridized carbons (Fsp3) is 0.500. The summed E-state index contributed by atoms with van der Waals surface area (Å²) in [6, 6.07) is 4.02. The number of hydrogen-bond donors (Lipinski definition) is 2. The number of benzene rings is 1. The number of nitrogens with zero attached hydrogens (tertiary/aromatic N) is 1. The molecule has 1 aromatic carbocycles. The summed E-state index contributed by atoms with van der Waals surface area (Å²) in [6.07, 6.45) is 3.77. The molecule has 0 aliphatic heterocycles. The molecule has 2 unspecified atom stereocenters. The average molecular weight is 357 g/mol. The number of aliphatic hydroxyl groups is 1. The minimum atomic E-state index is -0.527. The smallest absolute Gasteiger partial charge is 0.270 e. The first-order valence-electron chi connectivity index (χ1n) is 6.88. The van der Waals surface area contributed by atoms with Crippen molar-refractivity contribution in [2.24, 2.45) is 5.92 Å². The number of nitro groups is 1. The second-order valence-corrected chi connectivity index (χ2v) is 6.08. The van der Waals surface area contributed by atoms with Crippen molar-refractivity contribution in [2.75, 3.05) is 6.61 Å². The Morgan fingerprint density at radius 1 is 1.43 bits per heavy atom. The molecule has 1 fully saturated rings. The van der Waals surface area contributed by atoms with Crippen LogP contribution in [0.3, 0.4) is 0 Å². The van der Waals surface area contributed by atoms with Gasteiger partial charge >= 0.3 is 0 Å². The Morgan fingerprint density at radius 3 is 2.81 bits per heavy atom. The highest BCUT2D eigenvalue weighted by molar-refractivity contribution is 9.10. The monoisotopic (exact) mass is 356 g/mol. The summed E-state index contributed by atoms with van der Waals surface area (Å²) in [5, 5.41) is 23.1. The lowest BCUT2D eigenvalue weighted by molar-refractivity contribution is -0.384. The third-order valence-corrected chi connectivity index (χ3v) is 4.56. The standard InChI is InChI=1S/C14H17BrN2O4/c15-12-6-5-10(17(20)21)7-11(12)14(19)16-13-4-2-1-3-9(13)8-18/h5-7,9,13,18H,1-4,8H2,(H,16,19). The number of non-ortho nitro benzene ring substituents is 1. The van der Waals surface area contributed by atoms with Crippen molar-refractivity contribution in [1.82, 2.24) is 5.32 Å². The fourth-order valence-corrected chi connectivity index (χ4v) is 3.09. The summed E-state index contributed by atoms with van der Waals surface area (Å²) in [4.78, 5) is 22.6. The first kappa shape index (κ1) is 15.9. The molecule has 2 rings (SSSR count). The molecule has 21 heavy (non-hydrogen) atoms. The molecular formula is C14H17BrN2O4. The van der Waals surface area contributed by atoms with Crippen LogP contribution in [0, 0.1) is 16.0 Å². The normalized spacial score (nSPS) is 21.8. The van der Waals surface area contributed by atoms with Crippen molar-refractivity contribution >= 4 is 27.5 Å². The van der Waals surface area contributed by atoms with Gasteiger partial charge in [-0.25, -0.2) is 0 Å². The molecule has 0 heterocycles. The minimum Gasteiger partial charge on any atom is -0.396 e. The fourth-order valence-electron chi connectivity index (χ4n) is 2.66. The van der Waals surface area contributed by atoms with E-state index in [9.17, 15) is 20.0 Å². The lowest BCUT2D eigenvalue weighted by atomic mass is 9.85. The van der Waals surface area contributed by atoms with E-state index in [1.165, 1.54) is 18.2 Å². The first-order chi connectivity index (χ1) is 10.0. The van der Waals surface area contributed by atoms with Gasteiger partial charge in [0.2, 0.25) is 0 Å². The molecule has 7 heteroatoms. The lowest BCUT2D eigenvalue weighted by Crippen LogP contribution is -2.43. The number of aliphatic hydroxyl groups excluding tert-OH is 1. The Hall–Kier alpha value is -1.47. The van der Waals surface area contributed by atoms with Gasteiger partial charge < -0.3 is 10.4 Å². The zero-order chi connectivity index (χ0) is 15.4. The maximum Gasteiger partial charge on any atom is 0.270 e. The molecule has 0 spiro atoms. The summed E-state index contributed by atoms with van der Waals surface area (Å²) in [5.41, 5.74) is 0.122. The average Bonchev–Trinajstić information content (AvgIpc) is 2.47. The van der Waals surface area contributed by atoms with E-state index in [0.29, 0.717) is 4.47 Å². The molecule has 114 valence electrons. The Bertz CT molecular complexity index is 550. The van der Waals surface area contributed by atoms with Crippen molar-refractivity contribution in [3.05, 3.63) is 38.3 Å². The predicted molar refractivity (Wildman–Crippen MR) is 81.1 cm³/mol. The number of rotatable bonds is 4. The Labute approximate surface area is 130 Å². The van der Waals surface area contributed by atoms with E-state index in [-0.39, 0.29) is 35.7 Å². The maximum atomic E-state index is 12.3. The molecule has 1 aliphatic carbocycles. The van der Waals surface area contributed by atoms with E-state index in [0.717, 1.165) is 25.7 Å². The van der Waals surface area contributed by atoms with Gasteiger partial charge in [-0.3, -0.25) is 14.9 Å². The summed E-state index contributed by atoms with van der Waals surface area (Å²) in [7, 11) is 0. The minimum absolute atomic E-state index is 0.0427. The summed E-state index contributed by atoms with van der Waals surface area (Å²) in [5.74, 6) is -0.295. The molecule has 1 aliphatic rings. The number of carbonyl (C=O) groups excluding carboxylic acids is 1. The van der Waals surface area contributed by atoms with Crippen molar-refractivity contribution < 1.29 is 14.8 Å². The quantitative estimate of drug-likeness (QED) is 0.640. The van der Waals surface area contributed by atoms with Gasteiger partial charge in [0.1, 0.15) is 0 Å². The topological polar surface area (TPSA) is 92.5 Å². The molecule has 1 amide bonds. The van der Waals surface area contributed by atoms with Crippen LogP contribution in [0.2, 0.25) is 0 Å². The molecule has 2 N–H and O–H groups in total. The van der Waals surface area contributed by atoms with Gasteiger partial charge in [-0.05, 0) is 34.8 Å². The van der Waals surface area contributed by atoms with Crippen molar-refractivity contribution in [2.45, 2.75) is 31.7 Å². The van der Waals surface area contributed by atoms with Crippen LogP contribution in [0.5, 0.6) is 0 Å². The van der Waals surface area contributed by atoms with E-state index in [4.69, 9.17) is 0 Å². The van der Waals surface area contributed by atoms with Crippen LogP contribution >= 0.6 is 15.9 Å². The highest BCUT2D eigenvalue weighted by Crippen LogP contribution is 2.26. The van der Waals surface area contributed by atoms with Crippen molar-refractivity contribution in [1.29, 1.82) is 0 Å². The van der Waals surface area contributed by atoms with E-state index in [2.05, 4.69) is 21.2 Å². The number of carbonyl (C=O) groups is 1. The van der Waals surface area contributed by atoms with Gasteiger partial charge in [0.25, 0.3) is 11.6 Å². The van der Waals surface area contributed by atoms with Crippen LogP contribution in [-0.2, 0) is 0 Å². The molecule has 0 bridgehead atoms. The van der Waals surface area contributed by atoms with Gasteiger partial charge in [0, 0.05) is 35.2 Å². The van der Waals surface area contributed by atoms with E-state index in [1.807, 2.05) is 0 Å². The first-order valence-corrected chi connectivity index (χ1v) is 7.68. The summed E-state index contributed by atoms with van der Waals surface area (Å²) >= 11 is 3.24. The molecule has 0 radical (unpaired) electrons. The lowest BCUT2D eigenvalue weighted by Gasteiger charge is -2.30. The molecule has 1 saturated carbocycles. The highest BCUT2D eigenvalue weighted by atomic mass is 79.9. The largest absolute Gasteiger partial charge is 0.396 e. The zero-order valence-electron chi connectivity index (χ0n) is 11.4. The van der Waals surface area contributed by atoms with E-state index >= 15 is 0 Å². The van der Waals surface area contributed by atoms with Crippen LogP contribution < -0.4 is 5.32 Å². The number of hydrogen-bond acceptors (Lipinski definition) is 4. The summed E-state index contributed by atoms with van der Waals surface area (Å²) in [6.45, 7) is 0.0427. The van der Waals surface area contributed by atoms with Crippen LogP contribution in [0.15, 0.2) is 22.7 Å². The zero-order valence-corrected chi connectivity index (χ0v) is 13.0. The Morgan fingerprint density at radius 2 is 2.14 bits per heavy atom. The summed E-state index contributed by atoms with van der Waals surface area (Å²) < 4.78 is 0.516. The van der Waals surface area contributed by atoms with Crippen molar-refractivity contribution in [3.8, 4) is 0 Å². The van der Waals surface area contributed by atoms with Gasteiger partial charge in [-0.2, -0.15) is 0 Å². The number of amides is 1. The molecule has 0 saturated heterocycles. The van der Waals surface area contributed by atoms with Gasteiger partial charge in [-0.15, -0.1) is 0 Å². The van der Waals surface area contributed by atoms with E-state index < -0.39 is 4.92 Å². The predicted octanol–water partition coefficient (Wildman–Crippen LogP) is 2.64. The van der Waals surface area contributed by atoms with Crippen LogP contribution in [0.1, 0.15) is 36.0 Å². The van der Waals surface area contributed by atoms with Gasteiger partial charge in [0.05, 0.1) is 10.5 Å². The molecule has 6 nitrogen and oxygen atoms in total. The van der Waals surface area contributed by atoms with Crippen molar-refractivity contribution in [3.63, 3.8) is 0 Å². The molecule has 0 aromatic heterocycles. The number of halogens is 1. The third-order valence-electron chi connectivity index (χ3n) is 3.87. The maximum absolute atomic E-state index is 12.3. The van der Waals surface area contributed by atoms with Gasteiger partial charge in [-0.1, -0.05) is 12.8 Å².